The largest absolute Gasteiger partial charge is 0.380 e. The Bertz CT molecular complexity index is 637. The van der Waals surface area contributed by atoms with E-state index >= 15 is 0 Å². The Balaban J connectivity index is 1.61. The van der Waals surface area contributed by atoms with Crippen LogP contribution in [0, 0.1) is 12.8 Å². The van der Waals surface area contributed by atoms with Gasteiger partial charge in [-0.2, -0.15) is 5.10 Å². The van der Waals surface area contributed by atoms with Crippen molar-refractivity contribution in [2.24, 2.45) is 5.92 Å². The Hall–Kier alpha value is -1.21. The molecule has 0 aliphatic carbocycles. The first kappa shape index (κ1) is 17.6. The van der Waals surface area contributed by atoms with E-state index in [4.69, 9.17) is 4.74 Å². The number of aromatic nitrogens is 2. The van der Waals surface area contributed by atoms with E-state index in [0.717, 1.165) is 45.9 Å². The van der Waals surface area contributed by atoms with Crippen molar-refractivity contribution in [3.63, 3.8) is 0 Å². The van der Waals surface area contributed by atoms with Crippen LogP contribution in [0.25, 0.3) is 0 Å². The van der Waals surface area contributed by atoms with Crippen molar-refractivity contribution in [2.45, 2.75) is 26.6 Å². The highest BCUT2D eigenvalue weighted by molar-refractivity contribution is 7.11. The molecule has 0 bridgehead atoms. The third kappa shape index (κ3) is 4.89. The molecule has 0 amide bonds. The first-order valence-electron chi connectivity index (χ1n) is 8.61. The average molecular weight is 349 g/mol. The van der Waals surface area contributed by atoms with Crippen molar-refractivity contribution in [3.05, 3.63) is 39.8 Å². The number of rotatable bonds is 7. The van der Waals surface area contributed by atoms with Gasteiger partial charge in [-0.15, -0.1) is 11.3 Å². The van der Waals surface area contributed by atoms with Gasteiger partial charge in [0.2, 0.25) is 0 Å². The van der Waals surface area contributed by atoms with E-state index in [1.807, 2.05) is 17.5 Å². The van der Waals surface area contributed by atoms with Crippen molar-refractivity contribution >= 4 is 11.3 Å². The zero-order valence-electron chi connectivity index (χ0n) is 14.9. The third-order valence-corrected chi connectivity index (χ3v) is 5.33. The molecule has 0 saturated carbocycles. The second kappa shape index (κ2) is 8.25. The normalized spacial score (nSPS) is 18.8. The summed E-state index contributed by atoms with van der Waals surface area (Å²) in [6.07, 6.45) is 1.91. The van der Waals surface area contributed by atoms with Crippen LogP contribution in [0.2, 0.25) is 0 Å². The molecule has 0 fully saturated rings. The lowest BCUT2D eigenvalue weighted by molar-refractivity contribution is 0.0674. The van der Waals surface area contributed by atoms with Gasteiger partial charge in [0.15, 0.2) is 0 Å². The zero-order valence-corrected chi connectivity index (χ0v) is 15.8. The average Bonchev–Trinajstić information content (AvgIpc) is 3.09. The van der Waals surface area contributed by atoms with Crippen LogP contribution >= 0.6 is 11.3 Å². The van der Waals surface area contributed by atoms with Crippen LogP contribution in [0.1, 0.15) is 15.4 Å². The maximum Gasteiger partial charge on any atom is 0.0593 e. The number of aryl methyl sites for hydroxylation is 1. The molecule has 0 spiro atoms. The zero-order chi connectivity index (χ0) is 16.9. The number of thiophene rings is 1. The van der Waals surface area contributed by atoms with Crippen LogP contribution in [0.5, 0.6) is 0 Å². The summed E-state index contributed by atoms with van der Waals surface area (Å²) < 4.78 is 8.08. The van der Waals surface area contributed by atoms with Crippen molar-refractivity contribution in [2.75, 3.05) is 40.4 Å². The minimum absolute atomic E-state index is 0.481. The fraction of sp³-hybridized carbons (Fsp3) is 0.611. The van der Waals surface area contributed by atoms with Gasteiger partial charge in [0, 0.05) is 54.6 Å². The highest BCUT2D eigenvalue weighted by Gasteiger charge is 2.23. The minimum Gasteiger partial charge on any atom is -0.380 e. The molecule has 0 aromatic carbocycles. The van der Waals surface area contributed by atoms with Gasteiger partial charge in [-0.05, 0) is 39.2 Å². The van der Waals surface area contributed by atoms with Crippen LogP contribution in [0.15, 0.2) is 24.4 Å². The minimum atomic E-state index is 0.481. The monoisotopic (exact) mass is 348 g/mol. The molecule has 1 atom stereocenters. The summed E-state index contributed by atoms with van der Waals surface area (Å²) in [4.78, 5) is 7.51. The Morgan fingerprint density at radius 1 is 1.29 bits per heavy atom. The number of nitrogens with zero attached hydrogens (tertiary/aromatic N) is 4. The molecule has 2 aromatic rings. The molecular weight excluding hydrogens is 320 g/mol. The fourth-order valence-corrected chi connectivity index (χ4v) is 4.07. The maximum absolute atomic E-state index is 5.93. The first-order valence-corrected chi connectivity index (χ1v) is 9.42. The summed E-state index contributed by atoms with van der Waals surface area (Å²) >= 11 is 1.90. The Labute approximate surface area is 148 Å². The van der Waals surface area contributed by atoms with E-state index in [1.165, 1.54) is 15.4 Å². The van der Waals surface area contributed by atoms with Gasteiger partial charge in [0.1, 0.15) is 0 Å². The maximum atomic E-state index is 5.93. The highest BCUT2D eigenvalue weighted by atomic mass is 32.1. The van der Waals surface area contributed by atoms with Crippen LogP contribution in [0.3, 0.4) is 0 Å². The summed E-state index contributed by atoms with van der Waals surface area (Å²) in [6, 6.07) is 6.61. The topological polar surface area (TPSA) is 33.5 Å². The highest BCUT2D eigenvalue weighted by Crippen LogP contribution is 2.22. The lowest BCUT2D eigenvalue weighted by Crippen LogP contribution is -2.30. The second-order valence-corrected chi connectivity index (χ2v) is 8.30. The van der Waals surface area contributed by atoms with Gasteiger partial charge in [0.25, 0.3) is 0 Å². The molecule has 0 N–H and O–H groups in total. The van der Waals surface area contributed by atoms with Crippen molar-refractivity contribution < 1.29 is 4.74 Å². The van der Waals surface area contributed by atoms with Crippen LogP contribution < -0.4 is 0 Å². The lowest BCUT2D eigenvalue weighted by atomic mass is 10.1. The molecule has 0 saturated heterocycles. The smallest absolute Gasteiger partial charge is 0.0593 e. The van der Waals surface area contributed by atoms with Crippen LogP contribution in [0.4, 0.5) is 0 Å². The number of ether oxygens (including phenoxy) is 1. The van der Waals surface area contributed by atoms with Crippen LogP contribution in [-0.2, 0) is 24.4 Å². The first-order chi connectivity index (χ1) is 11.6. The van der Waals surface area contributed by atoms with E-state index in [-0.39, 0.29) is 0 Å². The van der Waals surface area contributed by atoms with Crippen molar-refractivity contribution in [1.82, 2.24) is 19.6 Å². The van der Waals surface area contributed by atoms with E-state index in [1.54, 1.807) is 0 Å². The Morgan fingerprint density at radius 3 is 2.92 bits per heavy atom. The van der Waals surface area contributed by atoms with Gasteiger partial charge in [-0.3, -0.25) is 9.58 Å². The molecule has 132 valence electrons. The molecule has 1 aliphatic heterocycles. The van der Waals surface area contributed by atoms with Crippen molar-refractivity contribution in [3.8, 4) is 0 Å². The van der Waals surface area contributed by atoms with Gasteiger partial charge < -0.3 is 9.64 Å². The Morgan fingerprint density at radius 2 is 2.17 bits per heavy atom. The quantitative estimate of drug-likeness (QED) is 0.720. The molecule has 1 unspecified atom stereocenters. The SMILES string of the molecule is Cc1ccc(CN2Cc3ccnn3CC(COCCN(C)C)C2)s1. The molecule has 0 radical (unpaired) electrons. The van der Waals surface area contributed by atoms with Crippen molar-refractivity contribution in [1.29, 1.82) is 0 Å². The van der Waals surface area contributed by atoms with Gasteiger partial charge >= 0.3 is 0 Å². The van der Waals surface area contributed by atoms with Gasteiger partial charge in [0.05, 0.1) is 18.9 Å². The van der Waals surface area contributed by atoms with Crippen LogP contribution in [-0.4, -0.2) is 60.0 Å². The molecule has 24 heavy (non-hydrogen) atoms. The molecular formula is C18H28N4OS. The fourth-order valence-electron chi connectivity index (χ4n) is 3.13. The summed E-state index contributed by atoms with van der Waals surface area (Å²) in [5.74, 6) is 0.481. The molecule has 5 nitrogen and oxygen atoms in total. The molecule has 3 heterocycles. The number of hydrogen-bond acceptors (Lipinski definition) is 5. The molecule has 6 heteroatoms. The summed E-state index contributed by atoms with van der Waals surface area (Å²) in [7, 11) is 4.16. The Kier molecular flexibility index (Phi) is 6.05. The third-order valence-electron chi connectivity index (χ3n) is 4.35. The molecule has 2 aromatic heterocycles. The molecule has 1 aliphatic rings. The summed E-state index contributed by atoms with van der Waals surface area (Å²) in [5, 5.41) is 4.50. The second-order valence-electron chi connectivity index (χ2n) is 6.93. The van der Waals surface area contributed by atoms with E-state index in [2.05, 4.69) is 58.8 Å². The standard InChI is InChI=1S/C18H28N4OS/c1-15-4-5-18(24-15)13-21-10-16(14-23-9-8-20(2)3)11-22-17(12-21)6-7-19-22/h4-7,16H,8-14H2,1-3H3. The predicted octanol–water partition coefficient (Wildman–Crippen LogP) is 2.46. The summed E-state index contributed by atoms with van der Waals surface area (Å²) in [6.45, 7) is 8.72. The number of fused-ring (bicyclic) bond motifs is 1. The van der Waals surface area contributed by atoms with E-state index < -0.39 is 0 Å². The van der Waals surface area contributed by atoms with Gasteiger partial charge in [-0.25, -0.2) is 0 Å². The number of likely N-dealkylation sites (N-methyl/N-ethyl adjacent to an activating group) is 1. The van der Waals surface area contributed by atoms with E-state index in [0.29, 0.717) is 5.92 Å². The predicted molar refractivity (Wildman–Crippen MR) is 98.3 cm³/mol. The number of hydrogen-bond donors (Lipinski definition) is 0. The van der Waals surface area contributed by atoms with Gasteiger partial charge in [-0.1, -0.05) is 0 Å². The lowest BCUT2D eigenvalue weighted by Gasteiger charge is -2.23. The summed E-state index contributed by atoms with van der Waals surface area (Å²) in [5.41, 5.74) is 1.30. The molecule has 3 rings (SSSR count). The van der Waals surface area contributed by atoms with E-state index in [9.17, 15) is 0 Å².